The van der Waals surface area contributed by atoms with E-state index in [1.807, 2.05) is 12.1 Å². The highest BCUT2D eigenvalue weighted by Gasteiger charge is 2.04. The maximum absolute atomic E-state index is 12.0. The van der Waals surface area contributed by atoms with Gasteiger partial charge in [0.05, 0.1) is 6.26 Å². The van der Waals surface area contributed by atoms with Gasteiger partial charge in [0.25, 0.3) is 0 Å². The van der Waals surface area contributed by atoms with Crippen LogP contribution in [0.25, 0.3) is 0 Å². The lowest BCUT2D eigenvalue weighted by molar-refractivity contribution is -0.121. The SMILES string of the molecule is CCc1ccc(CCC(=O)NCCCc2ccc(NS(C)(=O)=O)cc2)cc1. The molecule has 6 heteroatoms. The summed E-state index contributed by atoms with van der Waals surface area (Å²) >= 11 is 0. The Hall–Kier alpha value is -2.34. The second kappa shape index (κ2) is 10.1. The molecule has 146 valence electrons. The average molecular weight is 389 g/mol. The number of carbonyl (C=O) groups is 1. The van der Waals surface area contributed by atoms with E-state index in [-0.39, 0.29) is 5.91 Å². The highest BCUT2D eigenvalue weighted by Crippen LogP contribution is 2.12. The van der Waals surface area contributed by atoms with Crippen molar-refractivity contribution in [1.29, 1.82) is 0 Å². The summed E-state index contributed by atoms with van der Waals surface area (Å²) in [6, 6.07) is 15.7. The van der Waals surface area contributed by atoms with Crippen LogP contribution in [0.15, 0.2) is 48.5 Å². The zero-order chi connectivity index (χ0) is 19.7. The number of nitrogens with one attached hydrogen (secondary N) is 2. The summed E-state index contributed by atoms with van der Waals surface area (Å²) in [5.41, 5.74) is 4.16. The zero-order valence-corrected chi connectivity index (χ0v) is 16.8. The first kappa shape index (κ1) is 21.0. The third-order valence-electron chi connectivity index (χ3n) is 4.29. The van der Waals surface area contributed by atoms with Gasteiger partial charge in [0.1, 0.15) is 0 Å². The number of rotatable bonds is 10. The topological polar surface area (TPSA) is 75.3 Å². The van der Waals surface area contributed by atoms with Gasteiger partial charge >= 0.3 is 0 Å². The minimum absolute atomic E-state index is 0.0715. The molecule has 27 heavy (non-hydrogen) atoms. The Morgan fingerprint density at radius 1 is 0.889 bits per heavy atom. The molecule has 0 atom stereocenters. The van der Waals surface area contributed by atoms with Crippen molar-refractivity contribution in [2.75, 3.05) is 17.5 Å². The Morgan fingerprint density at radius 2 is 1.44 bits per heavy atom. The minimum Gasteiger partial charge on any atom is -0.356 e. The second-order valence-corrected chi connectivity index (χ2v) is 8.44. The van der Waals surface area contributed by atoms with Gasteiger partial charge in [0, 0.05) is 18.7 Å². The van der Waals surface area contributed by atoms with Crippen LogP contribution in [-0.4, -0.2) is 27.1 Å². The van der Waals surface area contributed by atoms with Crippen LogP contribution < -0.4 is 10.0 Å². The van der Waals surface area contributed by atoms with Crippen molar-refractivity contribution in [3.05, 3.63) is 65.2 Å². The van der Waals surface area contributed by atoms with Crippen LogP contribution in [-0.2, 0) is 34.1 Å². The lowest BCUT2D eigenvalue weighted by atomic mass is 10.1. The highest BCUT2D eigenvalue weighted by molar-refractivity contribution is 7.92. The van der Waals surface area contributed by atoms with Crippen molar-refractivity contribution in [3.63, 3.8) is 0 Å². The fourth-order valence-electron chi connectivity index (χ4n) is 2.76. The normalized spacial score (nSPS) is 11.2. The predicted octanol–water partition coefficient (Wildman–Crippen LogP) is 3.30. The number of hydrogen-bond acceptors (Lipinski definition) is 3. The lowest BCUT2D eigenvalue weighted by Gasteiger charge is -2.07. The first-order valence-corrected chi connectivity index (χ1v) is 11.2. The van der Waals surface area contributed by atoms with Crippen molar-refractivity contribution >= 4 is 21.6 Å². The van der Waals surface area contributed by atoms with E-state index in [2.05, 4.69) is 41.2 Å². The van der Waals surface area contributed by atoms with Gasteiger partial charge in [-0.1, -0.05) is 43.3 Å². The molecule has 0 saturated carbocycles. The molecule has 0 aromatic heterocycles. The van der Waals surface area contributed by atoms with Crippen LogP contribution in [0, 0.1) is 0 Å². The molecule has 2 N–H and O–H groups in total. The maximum atomic E-state index is 12.0. The summed E-state index contributed by atoms with van der Waals surface area (Å²) in [6.07, 6.45) is 5.08. The molecule has 2 aromatic rings. The quantitative estimate of drug-likeness (QED) is 0.613. The molecule has 2 rings (SSSR count). The van der Waals surface area contributed by atoms with Gasteiger partial charge < -0.3 is 5.32 Å². The largest absolute Gasteiger partial charge is 0.356 e. The van der Waals surface area contributed by atoms with E-state index >= 15 is 0 Å². The summed E-state index contributed by atoms with van der Waals surface area (Å²) in [5.74, 6) is 0.0715. The predicted molar refractivity (Wildman–Crippen MR) is 110 cm³/mol. The number of sulfonamides is 1. The second-order valence-electron chi connectivity index (χ2n) is 6.69. The van der Waals surface area contributed by atoms with Gasteiger partial charge in [-0.05, 0) is 54.5 Å². The van der Waals surface area contributed by atoms with Gasteiger partial charge in [-0.3, -0.25) is 9.52 Å². The molecule has 0 saturated heterocycles. The summed E-state index contributed by atoms with van der Waals surface area (Å²) in [7, 11) is -3.25. The molecule has 0 bridgehead atoms. The minimum atomic E-state index is -3.25. The van der Waals surface area contributed by atoms with E-state index in [4.69, 9.17) is 0 Å². The molecule has 0 aliphatic rings. The number of aryl methyl sites for hydroxylation is 3. The van der Waals surface area contributed by atoms with Gasteiger partial charge in [0.15, 0.2) is 0 Å². The maximum Gasteiger partial charge on any atom is 0.229 e. The third kappa shape index (κ3) is 8.26. The number of benzene rings is 2. The number of anilines is 1. The summed E-state index contributed by atoms with van der Waals surface area (Å²) < 4.78 is 24.8. The lowest BCUT2D eigenvalue weighted by Crippen LogP contribution is -2.24. The Balaban J connectivity index is 1.64. The van der Waals surface area contributed by atoms with Crippen LogP contribution in [0.1, 0.15) is 36.5 Å². The molecule has 0 aliphatic heterocycles. The molecular formula is C21H28N2O3S. The van der Waals surface area contributed by atoms with Crippen molar-refractivity contribution in [2.24, 2.45) is 0 Å². The van der Waals surface area contributed by atoms with Crippen LogP contribution in [0.4, 0.5) is 5.69 Å². The van der Waals surface area contributed by atoms with Crippen molar-refractivity contribution < 1.29 is 13.2 Å². The summed E-state index contributed by atoms with van der Waals surface area (Å²) in [6.45, 7) is 2.76. The Labute approximate surface area is 162 Å². The van der Waals surface area contributed by atoms with Crippen molar-refractivity contribution in [3.8, 4) is 0 Å². The van der Waals surface area contributed by atoms with E-state index < -0.39 is 10.0 Å². The molecule has 0 aliphatic carbocycles. The first-order valence-electron chi connectivity index (χ1n) is 9.27. The molecule has 0 heterocycles. The average Bonchev–Trinajstić information content (AvgIpc) is 2.64. The number of carbonyl (C=O) groups excluding carboxylic acids is 1. The molecule has 5 nitrogen and oxygen atoms in total. The fraction of sp³-hybridized carbons (Fsp3) is 0.381. The van der Waals surface area contributed by atoms with Gasteiger partial charge in [-0.2, -0.15) is 0 Å². The van der Waals surface area contributed by atoms with Crippen LogP contribution in [0.3, 0.4) is 0 Å². The molecule has 1 amide bonds. The molecule has 0 radical (unpaired) electrons. The number of amides is 1. The van der Waals surface area contributed by atoms with Crippen molar-refractivity contribution in [1.82, 2.24) is 5.32 Å². The molecule has 0 unspecified atom stereocenters. The Bertz CT molecular complexity index is 829. The van der Waals surface area contributed by atoms with Crippen LogP contribution >= 0.6 is 0 Å². The highest BCUT2D eigenvalue weighted by atomic mass is 32.2. The van der Waals surface area contributed by atoms with Crippen LogP contribution in [0.2, 0.25) is 0 Å². The van der Waals surface area contributed by atoms with Gasteiger partial charge in [-0.15, -0.1) is 0 Å². The van der Waals surface area contributed by atoms with E-state index in [0.29, 0.717) is 18.7 Å². The molecule has 0 spiro atoms. The summed E-state index contributed by atoms with van der Waals surface area (Å²) in [5, 5.41) is 2.96. The molecule has 0 fully saturated rings. The molecule has 2 aromatic carbocycles. The standard InChI is InChI=1S/C21H28N2O3S/c1-3-17-6-8-19(9-7-17)12-15-21(24)22-16-4-5-18-10-13-20(14-11-18)23-27(2,25)26/h6-11,13-14,23H,3-5,12,15-16H2,1-2H3,(H,22,24). The molecular weight excluding hydrogens is 360 g/mol. The Morgan fingerprint density at radius 3 is 2.04 bits per heavy atom. The monoisotopic (exact) mass is 388 g/mol. The zero-order valence-electron chi connectivity index (χ0n) is 16.0. The van der Waals surface area contributed by atoms with E-state index in [9.17, 15) is 13.2 Å². The summed E-state index contributed by atoms with van der Waals surface area (Å²) in [4.78, 5) is 12.0. The van der Waals surface area contributed by atoms with E-state index in [1.54, 1.807) is 12.1 Å². The Kier molecular flexibility index (Phi) is 7.85. The van der Waals surface area contributed by atoms with E-state index in [0.717, 1.165) is 37.5 Å². The van der Waals surface area contributed by atoms with Gasteiger partial charge in [0.2, 0.25) is 15.9 Å². The van der Waals surface area contributed by atoms with E-state index in [1.165, 1.54) is 11.1 Å². The number of hydrogen-bond donors (Lipinski definition) is 2. The fourth-order valence-corrected chi connectivity index (χ4v) is 3.33. The van der Waals surface area contributed by atoms with Crippen molar-refractivity contribution in [2.45, 2.75) is 39.0 Å². The third-order valence-corrected chi connectivity index (χ3v) is 4.90. The first-order chi connectivity index (χ1) is 12.9. The van der Waals surface area contributed by atoms with Gasteiger partial charge in [-0.25, -0.2) is 8.42 Å². The smallest absolute Gasteiger partial charge is 0.229 e. The van der Waals surface area contributed by atoms with Crippen LogP contribution in [0.5, 0.6) is 0 Å².